The molecule has 108 valence electrons. The average molecular weight is 253 g/mol. The van der Waals surface area contributed by atoms with Crippen molar-refractivity contribution in [3.8, 4) is 0 Å². The highest BCUT2D eigenvalue weighted by molar-refractivity contribution is 4.73. The number of hydrogen-bond acceptors (Lipinski definition) is 1. The monoisotopic (exact) mass is 253 g/mol. The van der Waals surface area contributed by atoms with E-state index >= 15 is 0 Å². The van der Waals surface area contributed by atoms with Gasteiger partial charge in [0.1, 0.15) is 0 Å². The summed E-state index contributed by atoms with van der Waals surface area (Å²) in [7, 11) is 0. The highest BCUT2D eigenvalue weighted by atomic mass is 14.9. The molecular formula is C17H35N. The van der Waals surface area contributed by atoms with E-state index in [2.05, 4.69) is 12.2 Å². The van der Waals surface area contributed by atoms with E-state index in [4.69, 9.17) is 0 Å². The van der Waals surface area contributed by atoms with Crippen LogP contribution in [0.2, 0.25) is 0 Å². The first kappa shape index (κ1) is 16.0. The van der Waals surface area contributed by atoms with Crippen LogP contribution in [0.4, 0.5) is 0 Å². The first-order chi connectivity index (χ1) is 8.93. The molecule has 0 aromatic rings. The van der Waals surface area contributed by atoms with Crippen molar-refractivity contribution in [3.63, 3.8) is 0 Å². The summed E-state index contributed by atoms with van der Waals surface area (Å²) in [6, 6.07) is 0.864. The maximum Gasteiger partial charge on any atom is 0.00670 e. The lowest BCUT2D eigenvalue weighted by Gasteiger charge is -2.11. The fourth-order valence-electron chi connectivity index (χ4n) is 3.05. The van der Waals surface area contributed by atoms with Gasteiger partial charge in [-0.25, -0.2) is 0 Å². The van der Waals surface area contributed by atoms with Crippen molar-refractivity contribution in [1.82, 2.24) is 5.32 Å². The van der Waals surface area contributed by atoms with Crippen molar-refractivity contribution in [1.29, 1.82) is 0 Å². The van der Waals surface area contributed by atoms with Crippen LogP contribution in [0.15, 0.2) is 0 Å². The first-order valence-corrected chi connectivity index (χ1v) is 8.67. The molecule has 1 aliphatic rings. The van der Waals surface area contributed by atoms with E-state index in [1.165, 1.54) is 96.4 Å². The molecule has 1 nitrogen and oxygen atoms in total. The van der Waals surface area contributed by atoms with Crippen molar-refractivity contribution in [2.45, 2.75) is 103 Å². The minimum Gasteiger partial charge on any atom is -0.314 e. The van der Waals surface area contributed by atoms with Gasteiger partial charge in [-0.1, -0.05) is 77.6 Å². The second-order valence-corrected chi connectivity index (χ2v) is 6.12. The molecule has 0 amide bonds. The molecule has 1 aliphatic carbocycles. The SMILES string of the molecule is CCCCCCCCCCCCNC1CCCC1. The van der Waals surface area contributed by atoms with Crippen LogP contribution in [0.3, 0.4) is 0 Å². The summed E-state index contributed by atoms with van der Waals surface area (Å²) < 4.78 is 0. The van der Waals surface area contributed by atoms with Crippen LogP contribution < -0.4 is 5.32 Å². The van der Waals surface area contributed by atoms with Crippen LogP contribution in [-0.2, 0) is 0 Å². The van der Waals surface area contributed by atoms with Crippen molar-refractivity contribution < 1.29 is 0 Å². The summed E-state index contributed by atoms with van der Waals surface area (Å²) in [5.74, 6) is 0. The molecular weight excluding hydrogens is 218 g/mol. The van der Waals surface area contributed by atoms with Crippen LogP contribution in [0, 0.1) is 0 Å². The maximum atomic E-state index is 3.71. The Bertz CT molecular complexity index is 161. The standard InChI is InChI=1S/C17H35N/c1-2-3-4-5-6-7-8-9-10-13-16-18-17-14-11-12-15-17/h17-18H,2-16H2,1H3. The zero-order valence-corrected chi connectivity index (χ0v) is 12.7. The van der Waals surface area contributed by atoms with Gasteiger partial charge in [0.15, 0.2) is 0 Å². The lowest BCUT2D eigenvalue weighted by atomic mass is 10.1. The minimum atomic E-state index is 0.864. The van der Waals surface area contributed by atoms with E-state index in [-0.39, 0.29) is 0 Å². The van der Waals surface area contributed by atoms with Crippen LogP contribution >= 0.6 is 0 Å². The Morgan fingerprint density at radius 2 is 1.22 bits per heavy atom. The third-order valence-corrected chi connectivity index (χ3v) is 4.32. The lowest BCUT2D eigenvalue weighted by Crippen LogP contribution is -2.26. The average Bonchev–Trinajstić information content (AvgIpc) is 2.89. The van der Waals surface area contributed by atoms with E-state index in [0.717, 1.165) is 6.04 Å². The molecule has 0 atom stereocenters. The van der Waals surface area contributed by atoms with Crippen molar-refractivity contribution in [2.75, 3.05) is 6.54 Å². The van der Waals surface area contributed by atoms with E-state index in [9.17, 15) is 0 Å². The number of unbranched alkanes of at least 4 members (excludes halogenated alkanes) is 9. The van der Waals surface area contributed by atoms with Gasteiger partial charge in [0.25, 0.3) is 0 Å². The largest absolute Gasteiger partial charge is 0.314 e. The topological polar surface area (TPSA) is 12.0 Å². The second kappa shape index (κ2) is 12.0. The second-order valence-electron chi connectivity index (χ2n) is 6.12. The number of hydrogen-bond donors (Lipinski definition) is 1. The third-order valence-electron chi connectivity index (χ3n) is 4.32. The molecule has 18 heavy (non-hydrogen) atoms. The molecule has 1 saturated carbocycles. The summed E-state index contributed by atoms with van der Waals surface area (Å²) in [5.41, 5.74) is 0. The van der Waals surface area contributed by atoms with Gasteiger partial charge in [-0.2, -0.15) is 0 Å². The van der Waals surface area contributed by atoms with Crippen molar-refractivity contribution >= 4 is 0 Å². The van der Waals surface area contributed by atoms with Crippen molar-refractivity contribution in [2.24, 2.45) is 0 Å². The van der Waals surface area contributed by atoms with Crippen LogP contribution in [0.1, 0.15) is 96.8 Å². The van der Waals surface area contributed by atoms with Gasteiger partial charge in [-0.3, -0.25) is 0 Å². The lowest BCUT2D eigenvalue weighted by molar-refractivity contribution is 0.493. The maximum absolute atomic E-state index is 3.71. The molecule has 0 heterocycles. The van der Waals surface area contributed by atoms with Gasteiger partial charge >= 0.3 is 0 Å². The van der Waals surface area contributed by atoms with Crippen LogP contribution in [0.25, 0.3) is 0 Å². The van der Waals surface area contributed by atoms with E-state index in [1.807, 2.05) is 0 Å². The van der Waals surface area contributed by atoms with Gasteiger partial charge in [0.2, 0.25) is 0 Å². The molecule has 0 radical (unpaired) electrons. The van der Waals surface area contributed by atoms with Crippen LogP contribution in [0.5, 0.6) is 0 Å². The summed E-state index contributed by atoms with van der Waals surface area (Å²) in [6.07, 6.45) is 20.2. The molecule has 0 bridgehead atoms. The molecule has 0 aliphatic heterocycles. The molecule has 1 N–H and O–H groups in total. The molecule has 1 fully saturated rings. The van der Waals surface area contributed by atoms with E-state index in [0.29, 0.717) is 0 Å². The summed E-state index contributed by atoms with van der Waals surface area (Å²) in [6.45, 7) is 3.56. The van der Waals surface area contributed by atoms with Gasteiger partial charge in [0, 0.05) is 6.04 Å². The Hall–Kier alpha value is -0.0400. The smallest absolute Gasteiger partial charge is 0.00670 e. The van der Waals surface area contributed by atoms with Gasteiger partial charge < -0.3 is 5.32 Å². The van der Waals surface area contributed by atoms with E-state index < -0.39 is 0 Å². The Labute approximate surface area is 115 Å². The van der Waals surface area contributed by atoms with Crippen LogP contribution in [-0.4, -0.2) is 12.6 Å². The van der Waals surface area contributed by atoms with E-state index in [1.54, 1.807) is 0 Å². The number of nitrogens with one attached hydrogen (secondary N) is 1. The Morgan fingerprint density at radius 1 is 0.722 bits per heavy atom. The van der Waals surface area contributed by atoms with Gasteiger partial charge in [-0.15, -0.1) is 0 Å². The highest BCUT2D eigenvalue weighted by Gasteiger charge is 2.12. The van der Waals surface area contributed by atoms with Gasteiger partial charge in [-0.05, 0) is 25.8 Å². The Morgan fingerprint density at radius 3 is 1.78 bits per heavy atom. The fourth-order valence-corrected chi connectivity index (χ4v) is 3.05. The molecule has 0 unspecified atom stereocenters. The summed E-state index contributed by atoms with van der Waals surface area (Å²) in [5, 5.41) is 3.71. The first-order valence-electron chi connectivity index (χ1n) is 8.67. The van der Waals surface area contributed by atoms with Gasteiger partial charge in [0.05, 0.1) is 0 Å². The zero-order valence-electron chi connectivity index (χ0n) is 12.7. The molecule has 0 saturated heterocycles. The fraction of sp³-hybridized carbons (Fsp3) is 1.00. The summed E-state index contributed by atoms with van der Waals surface area (Å²) in [4.78, 5) is 0. The highest BCUT2D eigenvalue weighted by Crippen LogP contribution is 2.17. The quantitative estimate of drug-likeness (QED) is 0.457. The predicted molar refractivity (Wildman–Crippen MR) is 82.1 cm³/mol. The number of rotatable bonds is 12. The summed E-state index contributed by atoms with van der Waals surface area (Å²) >= 11 is 0. The minimum absolute atomic E-state index is 0.864. The Balaban J connectivity index is 1.68. The normalized spacial score (nSPS) is 16.5. The molecule has 0 aromatic heterocycles. The third kappa shape index (κ3) is 8.97. The zero-order chi connectivity index (χ0) is 12.9. The predicted octanol–water partition coefficient (Wildman–Crippen LogP) is 5.44. The molecule has 1 rings (SSSR count). The van der Waals surface area contributed by atoms with Crippen molar-refractivity contribution in [3.05, 3.63) is 0 Å². The molecule has 1 heteroatoms. The Kier molecular flexibility index (Phi) is 10.7. The molecule has 0 aromatic carbocycles. The molecule has 0 spiro atoms.